The van der Waals surface area contributed by atoms with E-state index in [1.807, 2.05) is 43.3 Å². The van der Waals surface area contributed by atoms with E-state index in [-0.39, 0.29) is 18.1 Å². The second-order valence-corrected chi connectivity index (χ2v) is 6.82. The van der Waals surface area contributed by atoms with Crippen molar-refractivity contribution in [2.75, 3.05) is 25.0 Å². The highest BCUT2D eigenvalue weighted by atomic mass is 16.3. The number of amides is 2. The highest BCUT2D eigenvalue weighted by molar-refractivity contribution is 5.73. The third-order valence-corrected chi connectivity index (χ3v) is 4.52. The average molecular weight is 384 g/mol. The largest absolute Gasteiger partial charge is 0.392 e. The number of rotatable bonds is 6. The van der Waals surface area contributed by atoms with E-state index >= 15 is 0 Å². The Morgan fingerprint density at radius 1 is 1.36 bits per heavy atom. The fourth-order valence-corrected chi connectivity index (χ4v) is 3.08. The molecule has 1 fully saturated rings. The van der Waals surface area contributed by atoms with Crippen molar-refractivity contribution in [1.82, 2.24) is 15.2 Å². The molecule has 2 aromatic rings. The summed E-state index contributed by atoms with van der Waals surface area (Å²) in [6.45, 7) is 5.79. The molecular weight excluding hydrogens is 356 g/mol. The Bertz CT molecular complexity index is 754. The molecule has 7 heteroatoms. The van der Waals surface area contributed by atoms with Gasteiger partial charge in [-0.25, -0.2) is 0 Å². The number of aryl methyl sites for hydroxylation is 1. The topological polar surface area (TPSA) is 94.6 Å². The first-order chi connectivity index (χ1) is 13.5. The normalized spacial score (nSPS) is 17.2. The zero-order valence-corrected chi connectivity index (χ0v) is 16.3. The smallest absolute Gasteiger partial charge is 0.217 e. The zero-order valence-electron chi connectivity index (χ0n) is 16.3. The minimum absolute atomic E-state index is 0.00556. The van der Waals surface area contributed by atoms with Gasteiger partial charge in [0.05, 0.1) is 24.0 Å². The lowest BCUT2D eigenvalue weighted by Gasteiger charge is -2.24. The molecule has 0 aliphatic carbocycles. The number of benzene rings is 1. The Balaban J connectivity index is 0.000000237. The summed E-state index contributed by atoms with van der Waals surface area (Å²) in [6.07, 6.45) is 4.54. The standard InChI is InChI=1S/C14H20N2O2.C7H8N2O/c1-11(17)15-14(12-5-3-2-4-6-12)10-16-8-7-13(18)9-16;1-6-2-3-8-4-7(6)9-5-10/h2-6,13-14,18H,7-10H2,1H3,(H,15,17);2-5H,1H3,(H,9,10). The number of β-amino-alcohol motifs (C(OH)–C–C–N with tert-alkyl or cyclic N) is 1. The Labute approximate surface area is 165 Å². The molecule has 0 saturated carbocycles. The summed E-state index contributed by atoms with van der Waals surface area (Å²) in [7, 11) is 0. The summed E-state index contributed by atoms with van der Waals surface area (Å²) >= 11 is 0. The van der Waals surface area contributed by atoms with Crippen molar-refractivity contribution >= 4 is 18.0 Å². The van der Waals surface area contributed by atoms with Crippen LogP contribution in [0.3, 0.4) is 0 Å². The third kappa shape index (κ3) is 7.09. The molecule has 3 rings (SSSR count). The van der Waals surface area contributed by atoms with Crippen LogP contribution in [-0.2, 0) is 9.59 Å². The zero-order chi connectivity index (χ0) is 20.4. The predicted molar refractivity (Wildman–Crippen MR) is 109 cm³/mol. The van der Waals surface area contributed by atoms with E-state index in [9.17, 15) is 14.7 Å². The highest BCUT2D eigenvalue weighted by Gasteiger charge is 2.24. The van der Waals surface area contributed by atoms with Gasteiger partial charge in [-0.05, 0) is 30.5 Å². The molecule has 0 spiro atoms. The summed E-state index contributed by atoms with van der Waals surface area (Å²) in [5.41, 5.74) is 2.88. The van der Waals surface area contributed by atoms with Gasteiger partial charge in [0.25, 0.3) is 0 Å². The van der Waals surface area contributed by atoms with E-state index in [0.29, 0.717) is 13.0 Å². The molecule has 1 aromatic carbocycles. The second kappa shape index (κ2) is 11.2. The second-order valence-electron chi connectivity index (χ2n) is 6.82. The number of carbonyl (C=O) groups excluding carboxylic acids is 2. The molecule has 2 unspecified atom stereocenters. The summed E-state index contributed by atoms with van der Waals surface area (Å²) in [6, 6.07) is 11.8. The molecule has 1 aliphatic heterocycles. The van der Waals surface area contributed by atoms with Crippen molar-refractivity contribution in [2.24, 2.45) is 0 Å². The van der Waals surface area contributed by atoms with Gasteiger partial charge in [-0.2, -0.15) is 0 Å². The van der Waals surface area contributed by atoms with Crippen LogP contribution >= 0.6 is 0 Å². The Hall–Kier alpha value is -2.77. The fourth-order valence-electron chi connectivity index (χ4n) is 3.08. The van der Waals surface area contributed by atoms with Crippen LogP contribution in [0.1, 0.15) is 30.5 Å². The maximum absolute atomic E-state index is 11.3. The van der Waals surface area contributed by atoms with Gasteiger partial charge in [0.2, 0.25) is 12.3 Å². The van der Waals surface area contributed by atoms with E-state index in [2.05, 4.69) is 20.5 Å². The van der Waals surface area contributed by atoms with Crippen LogP contribution in [0.4, 0.5) is 5.69 Å². The van der Waals surface area contributed by atoms with Gasteiger partial charge in [0.1, 0.15) is 0 Å². The molecule has 7 nitrogen and oxygen atoms in total. The fraction of sp³-hybridized carbons (Fsp3) is 0.381. The van der Waals surface area contributed by atoms with Gasteiger partial charge in [-0.1, -0.05) is 30.3 Å². The Morgan fingerprint density at radius 3 is 2.68 bits per heavy atom. The van der Waals surface area contributed by atoms with Crippen LogP contribution < -0.4 is 10.6 Å². The first-order valence-electron chi connectivity index (χ1n) is 9.33. The minimum atomic E-state index is -0.223. The first kappa shape index (κ1) is 21.5. The van der Waals surface area contributed by atoms with E-state index in [0.717, 1.165) is 36.3 Å². The van der Waals surface area contributed by atoms with Gasteiger partial charge in [0.15, 0.2) is 0 Å². The number of pyridine rings is 1. The molecule has 3 N–H and O–H groups in total. The van der Waals surface area contributed by atoms with Crippen molar-refractivity contribution in [3.8, 4) is 0 Å². The van der Waals surface area contributed by atoms with Crippen LogP contribution in [0, 0.1) is 6.92 Å². The SMILES string of the molecule is CC(=O)NC(CN1CCC(O)C1)c1ccccc1.Cc1ccncc1NC=O. The van der Waals surface area contributed by atoms with Gasteiger partial charge >= 0.3 is 0 Å². The summed E-state index contributed by atoms with van der Waals surface area (Å²) in [5, 5.41) is 15.0. The van der Waals surface area contributed by atoms with Crippen LogP contribution in [0.25, 0.3) is 0 Å². The Kier molecular flexibility index (Phi) is 8.58. The number of aliphatic hydroxyl groups is 1. The van der Waals surface area contributed by atoms with Gasteiger partial charge in [-0.3, -0.25) is 19.5 Å². The summed E-state index contributed by atoms with van der Waals surface area (Å²) in [5.74, 6) is -0.0244. The minimum Gasteiger partial charge on any atom is -0.392 e. The number of carbonyl (C=O) groups is 2. The number of likely N-dealkylation sites (tertiary alicyclic amines) is 1. The number of hydrogen-bond acceptors (Lipinski definition) is 5. The molecule has 2 heterocycles. The van der Waals surface area contributed by atoms with Crippen molar-refractivity contribution in [3.05, 3.63) is 59.9 Å². The molecule has 1 saturated heterocycles. The number of nitrogens with zero attached hydrogens (tertiary/aromatic N) is 2. The van der Waals surface area contributed by atoms with Crippen molar-refractivity contribution in [3.63, 3.8) is 0 Å². The maximum atomic E-state index is 11.3. The molecule has 1 aromatic heterocycles. The molecule has 1 aliphatic rings. The number of aliphatic hydroxyl groups excluding tert-OH is 1. The molecule has 28 heavy (non-hydrogen) atoms. The van der Waals surface area contributed by atoms with Crippen molar-refractivity contribution in [2.45, 2.75) is 32.4 Å². The van der Waals surface area contributed by atoms with Crippen molar-refractivity contribution < 1.29 is 14.7 Å². The number of aromatic nitrogens is 1. The number of nitrogens with one attached hydrogen (secondary N) is 2. The molecule has 0 bridgehead atoms. The maximum Gasteiger partial charge on any atom is 0.217 e. The molecule has 0 radical (unpaired) electrons. The third-order valence-electron chi connectivity index (χ3n) is 4.52. The van der Waals surface area contributed by atoms with Crippen molar-refractivity contribution in [1.29, 1.82) is 0 Å². The van der Waals surface area contributed by atoms with Gasteiger partial charge in [-0.15, -0.1) is 0 Å². The lowest BCUT2D eigenvalue weighted by Crippen LogP contribution is -2.36. The monoisotopic (exact) mass is 384 g/mol. The van der Waals surface area contributed by atoms with E-state index in [4.69, 9.17) is 0 Å². The molecule has 2 atom stereocenters. The van der Waals surface area contributed by atoms with E-state index in [1.165, 1.54) is 6.92 Å². The van der Waals surface area contributed by atoms with Crippen LogP contribution in [0.2, 0.25) is 0 Å². The van der Waals surface area contributed by atoms with Gasteiger partial charge < -0.3 is 15.7 Å². The lowest BCUT2D eigenvalue weighted by molar-refractivity contribution is -0.119. The lowest BCUT2D eigenvalue weighted by atomic mass is 10.1. The van der Waals surface area contributed by atoms with Crippen LogP contribution in [-0.4, -0.2) is 53.0 Å². The first-order valence-corrected chi connectivity index (χ1v) is 9.33. The Morgan fingerprint density at radius 2 is 2.11 bits per heavy atom. The van der Waals surface area contributed by atoms with Crippen LogP contribution in [0.15, 0.2) is 48.8 Å². The predicted octanol–water partition coefficient (Wildman–Crippen LogP) is 1.89. The molecule has 150 valence electrons. The van der Waals surface area contributed by atoms with Gasteiger partial charge in [0, 0.05) is 32.8 Å². The highest BCUT2D eigenvalue weighted by Crippen LogP contribution is 2.17. The average Bonchev–Trinajstić information content (AvgIpc) is 3.09. The quantitative estimate of drug-likeness (QED) is 0.661. The molecule has 2 amide bonds. The number of hydrogen-bond donors (Lipinski definition) is 3. The summed E-state index contributed by atoms with van der Waals surface area (Å²) < 4.78 is 0. The van der Waals surface area contributed by atoms with E-state index in [1.54, 1.807) is 12.4 Å². The van der Waals surface area contributed by atoms with E-state index < -0.39 is 0 Å². The summed E-state index contributed by atoms with van der Waals surface area (Å²) in [4.78, 5) is 27.3. The molecular formula is C21H28N4O3. The number of anilines is 1. The van der Waals surface area contributed by atoms with Crippen LogP contribution in [0.5, 0.6) is 0 Å².